The maximum atomic E-state index is 7.28. The van der Waals surface area contributed by atoms with Crippen LogP contribution < -0.4 is 10.1 Å². The van der Waals surface area contributed by atoms with Crippen molar-refractivity contribution in [3.8, 4) is 28.3 Å². The van der Waals surface area contributed by atoms with E-state index < -0.39 is 7.04 Å². The number of methoxy groups -OCH3 is 1. The number of nitrogens with zero attached hydrogens (tertiary/aromatic N) is 3. The van der Waals surface area contributed by atoms with Gasteiger partial charge in [0.15, 0.2) is 5.82 Å². The molecule has 4 aromatic rings. The minimum absolute atomic E-state index is 0.291. The molecule has 5 nitrogen and oxygen atoms in total. The van der Waals surface area contributed by atoms with Crippen molar-refractivity contribution < 1.29 is 8.85 Å². The van der Waals surface area contributed by atoms with Crippen LogP contribution in [0.5, 0.6) is 5.75 Å². The SMILES string of the molecule is [2H]C([2H])([2H])Oc1cccc(-c2ccc3nc(-c4cccnc4)nc(NC)c3c2)c1. The number of hydrogen-bond donors (Lipinski definition) is 1. The molecule has 0 aliphatic carbocycles. The predicted octanol–water partition coefficient (Wildman–Crippen LogP) is 4.41. The lowest BCUT2D eigenvalue weighted by atomic mass is 10.0. The summed E-state index contributed by atoms with van der Waals surface area (Å²) in [5.41, 5.74) is 3.38. The topological polar surface area (TPSA) is 59.9 Å². The average molecular weight is 345 g/mol. The molecule has 2 aromatic carbocycles. The van der Waals surface area contributed by atoms with E-state index in [0.29, 0.717) is 17.4 Å². The van der Waals surface area contributed by atoms with Crippen LogP contribution in [0.1, 0.15) is 4.11 Å². The molecule has 0 radical (unpaired) electrons. The number of anilines is 1. The summed E-state index contributed by atoms with van der Waals surface area (Å²) in [6, 6.07) is 16.6. The molecular weight excluding hydrogens is 324 g/mol. The van der Waals surface area contributed by atoms with Crippen LogP contribution in [0.15, 0.2) is 67.0 Å². The molecule has 0 spiro atoms. The molecule has 0 unspecified atom stereocenters. The van der Waals surface area contributed by atoms with Gasteiger partial charge in [0.25, 0.3) is 0 Å². The van der Waals surface area contributed by atoms with Crippen molar-refractivity contribution in [2.75, 3.05) is 19.4 Å². The summed E-state index contributed by atoms with van der Waals surface area (Å²) in [5, 5.41) is 3.99. The van der Waals surface area contributed by atoms with Crippen LogP contribution in [-0.4, -0.2) is 29.0 Å². The van der Waals surface area contributed by atoms with E-state index in [1.54, 1.807) is 30.6 Å². The second-order valence-corrected chi connectivity index (χ2v) is 5.75. The number of fused-ring (bicyclic) bond motifs is 1. The quantitative estimate of drug-likeness (QED) is 0.594. The largest absolute Gasteiger partial charge is 0.497 e. The molecule has 5 heteroatoms. The number of benzene rings is 2. The summed E-state index contributed by atoms with van der Waals surface area (Å²) in [7, 11) is -0.676. The maximum Gasteiger partial charge on any atom is 0.163 e. The minimum Gasteiger partial charge on any atom is -0.497 e. The Kier molecular flexibility index (Phi) is 3.36. The zero-order valence-electron chi connectivity index (χ0n) is 17.1. The smallest absolute Gasteiger partial charge is 0.163 e. The second-order valence-electron chi connectivity index (χ2n) is 5.75. The highest BCUT2D eigenvalue weighted by Crippen LogP contribution is 2.30. The van der Waals surface area contributed by atoms with E-state index >= 15 is 0 Å². The summed E-state index contributed by atoms with van der Waals surface area (Å²) in [6.45, 7) is 0. The van der Waals surface area contributed by atoms with Crippen molar-refractivity contribution in [1.82, 2.24) is 15.0 Å². The molecule has 128 valence electrons. The zero-order valence-corrected chi connectivity index (χ0v) is 14.1. The Bertz CT molecular complexity index is 1160. The molecule has 0 aliphatic heterocycles. The first kappa shape index (κ1) is 12.8. The third-order valence-corrected chi connectivity index (χ3v) is 4.14. The number of nitrogens with one attached hydrogen (secondary N) is 1. The summed E-state index contributed by atoms with van der Waals surface area (Å²) >= 11 is 0. The molecule has 2 aromatic heterocycles. The maximum absolute atomic E-state index is 7.28. The van der Waals surface area contributed by atoms with Gasteiger partial charge in [-0.05, 0) is 47.5 Å². The van der Waals surface area contributed by atoms with Gasteiger partial charge in [0.2, 0.25) is 0 Å². The van der Waals surface area contributed by atoms with Crippen LogP contribution >= 0.6 is 0 Å². The van der Waals surface area contributed by atoms with E-state index in [4.69, 9.17) is 8.85 Å². The molecule has 1 N–H and O–H groups in total. The molecule has 0 fully saturated rings. The Balaban J connectivity index is 1.78. The number of hydrogen-bond acceptors (Lipinski definition) is 5. The van der Waals surface area contributed by atoms with Crippen LogP contribution in [0.25, 0.3) is 33.4 Å². The van der Waals surface area contributed by atoms with Crippen LogP contribution in [0.3, 0.4) is 0 Å². The summed E-state index contributed by atoms with van der Waals surface area (Å²) in [6.07, 6.45) is 3.44. The van der Waals surface area contributed by atoms with Crippen molar-refractivity contribution in [3.05, 3.63) is 67.0 Å². The Hall–Kier alpha value is -3.47. The molecule has 0 atom stereocenters. The van der Waals surface area contributed by atoms with E-state index in [1.807, 2.05) is 43.4 Å². The first-order chi connectivity index (χ1) is 13.9. The third-order valence-electron chi connectivity index (χ3n) is 4.14. The monoisotopic (exact) mass is 345 g/mol. The standard InChI is InChI=1S/C21H18N4O/c1-22-21-18-12-15(14-5-3-7-17(11-14)26-2)8-9-19(18)24-20(25-21)16-6-4-10-23-13-16/h3-13H,1-2H3,(H,22,24,25)/i2D3. The Morgan fingerprint density at radius 3 is 2.65 bits per heavy atom. The van der Waals surface area contributed by atoms with E-state index in [9.17, 15) is 0 Å². The summed E-state index contributed by atoms with van der Waals surface area (Å²) < 4.78 is 26.9. The van der Waals surface area contributed by atoms with Gasteiger partial charge in [-0.1, -0.05) is 18.2 Å². The van der Waals surface area contributed by atoms with Crippen molar-refractivity contribution in [3.63, 3.8) is 0 Å². The van der Waals surface area contributed by atoms with Gasteiger partial charge in [0.05, 0.1) is 16.7 Å². The molecule has 4 rings (SSSR count). The van der Waals surface area contributed by atoms with Crippen molar-refractivity contribution in [2.24, 2.45) is 0 Å². The normalized spacial score (nSPS) is 12.9. The number of rotatable bonds is 4. The van der Waals surface area contributed by atoms with E-state index in [1.165, 1.54) is 0 Å². The van der Waals surface area contributed by atoms with Gasteiger partial charge in [-0.15, -0.1) is 0 Å². The number of ether oxygens (including phenoxy) is 1. The Morgan fingerprint density at radius 2 is 1.85 bits per heavy atom. The zero-order chi connectivity index (χ0) is 20.4. The van der Waals surface area contributed by atoms with Gasteiger partial charge in [-0.2, -0.15) is 0 Å². The first-order valence-corrected chi connectivity index (χ1v) is 8.12. The van der Waals surface area contributed by atoms with Crippen LogP contribution in [0.2, 0.25) is 0 Å². The summed E-state index contributed by atoms with van der Waals surface area (Å²) in [5.74, 6) is 1.58. The van der Waals surface area contributed by atoms with Gasteiger partial charge in [-0.3, -0.25) is 4.98 Å². The molecular formula is C21H18N4O. The third kappa shape index (κ3) is 2.95. The van der Waals surface area contributed by atoms with Gasteiger partial charge in [0.1, 0.15) is 11.6 Å². The van der Waals surface area contributed by atoms with E-state index in [-0.39, 0.29) is 0 Å². The van der Waals surface area contributed by atoms with Gasteiger partial charge >= 0.3 is 0 Å². The lowest BCUT2D eigenvalue weighted by molar-refractivity contribution is 0.415. The molecule has 0 amide bonds. The summed E-state index contributed by atoms with van der Waals surface area (Å²) in [4.78, 5) is 13.4. The average Bonchev–Trinajstić information content (AvgIpc) is 2.72. The highest BCUT2D eigenvalue weighted by molar-refractivity contribution is 5.93. The fourth-order valence-corrected chi connectivity index (χ4v) is 2.86. The lowest BCUT2D eigenvalue weighted by Gasteiger charge is -2.10. The predicted molar refractivity (Wildman–Crippen MR) is 104 cm³/mol. The van der Waals surface area contributed by atoms with E-state index in [0.717, 1.165) is 27.6 Å². The van der Waals surface area contributed by atoms with Crippen LogP contribution in [0.4, 0.5) is 5.82 Å². The Labute approximate surface area is 155 Å². The van der Waals surface area contributed by atoms with E-state index in [2.05, 4.69) is 20.3 Å². The van der Waals surface area contributed by atoms with Gasteiger partial charge in [-0.25, -0.2) is 9.97 Å². The minimum atomic E-state index is -2.49. The molecule has 2 heterocycles. The molecule has 0 bridgehead atoms. The highest BCUT2D eigenvalue weighted by atomic mass is 16.5. The molecule has 0 aliphatic rings. The van der Waals surface area contributed by atoms with Gasteiger partial charge in [0, 0.05) is 30.4 Å². The first-order valence-electron chi connectivity index (χ1n) is 9.62. The Morgan fingerprint density at radius 1 is 0.962 bits per heavy atom. The van der Waals surface area contributed by atoms with Crippen molar-refractivity contribution in [2.45, 2.75) is 0 Å². The van der Waals surface area contributed by atoms with Crippen molar-refractivity contribution in [1.29, 1.82) is 0 Å². The molecule has 26 heavy (non-hydrogen) atoms. The number of aromatic nitrogens is 3. The second kappa shape index (κ2) is 6.80. The lowest BCUT2D eigenvalue weighted by Crippen LogP contribution is -1.99. The van der Waals surface area contributed by atoms with Crippen LogP contribution in [-0.2, 0) is 0 Å². The van der Waals surface area contributed by atoms with Gasteiger partial charge < -0.3 is 10.1 Å². The molecule has 0 saturated heterocycles. The number of pyridine rings is 1. The van der Waals surface area contributed by atoms with Crippen LogP contribution in [0, 0.1) is 0 Å². The van der Waals surface area contributed by atoms with Crippen molar-refractivity contribution >= 4 is 16.7 Å². The fraction of sp³-hybridized carbons (Fsp3) is 0.0952. The fourth-order valence-electron chi connectivity index (χ4n) is 2.86. The highest BCUT2D eigenvalue weighted by Gasteiger charge is 2.10. The molecule has 0 saturated carbocycles.